The van der Waals surface area contributed by atoms with Gasteiger partial charge in [0, 0.05) is 31.5 Å². The summed E-state index contributed by atoms with van der Waals surface area (Å²) in [4.78, 5) is 24.5. The van der Waals surface area contributed by atoms with Crippen molar-refractivity contribution in [3.05, 3.63) is 47.3 Å². The second-order valence-electron chi connectivity index (χ2n) is 10.2. The fourth-order valence-electron chi connectivity index (χ4n) is 4.25. The van der Waals surface area contributed by atoms with Crippen LogP contribution in [-0.2, 0) is 23.6 Å². The molecule has 1 aromatic heterocycles. The smallest absolute Gasteiger partial charge is 0.416 e. The Labute approximate surface area is 212 Å². The summed E-state index contributed by atoms with van der Waals surface area (Å²) in [5.74, 6) is 0.141. The van der Waals surface area contributed by atoms with E-state index in [0.717, 1.165) is 5.46 Å². The number of halogens is 6. The molecule has 37 heavy (non-hydrogen) atoms. The van der Waals surface area contributed by atoms with Crippen LogP contribution in [0.15, 0.2) is 30.6 Å². The molecule has 0 bridgehead atoms. The van der Waals surface area contributed by atoms with E-state index in [2.05, 4.69) is 9.97 Å². The van der Waals surface area contributed by atoms with Gasteiger partial charge in [0.15, 0.2) is 0 Å². The largest absolute Gasteiger partial charge is 0.444 e. The predicted octanol–water partition coefficient (Wildman–Crippen LogP) is 4.57. The van der Waals surface area contributed by atoms with Gasteiger partial charge in [-0.2, -0.15) is 26.3 Å². The lowest BCUT2D eigenvalue weighted by molar-refractivity contribution is -0.143. The Balaban J connectivity index is 2.01. The molecule has 2 heterocycles. The number of carbonyl (C=O) groups excluding carboxylic acids is 1. The summed E-state index contributed by atoms with van der Waals surface area (Å²) in [6.45, 7) is 6.92. The summed E-state index contributed by atoms with van der Waals surface area (Å²) >= 11 is 0. The first-order chi connectivity index (χ1) is 17.0. The maximum Gasteiger partial charge on any atom is 0.416 e. The SMILES string of the molecule is Bc1cnc(N(Cc2cc(C(F)(F)F)cc(C(F)(F)F)c2)C2CC(CC)N(C(=O)OC(C)(C)C)C2)nc1. The topological polar surface area (TPSA) is 58.6 Å². The van der Waals surface area contributed by atoms with Crippen LogP contribution in [0, 0.1) is 0 Å². The Hall–Kier alpha value is -2.99. The zero-order valence-corrected chi connectivity index (χ0v) is 21.2. The monoisotopic (exact) mass is 530 g/mol. The summed E-state index contributed by atoms with van der Waals surface area (Å²) in [6.07, 6.45) is -6.44. The molecule has 0 aliphatic carbocycles. The highest BCUT2D eigenvalue weighted by atomic mass is 19.4. The molecule has 1 saturated heterocycles. The van der Waals surface area contributed by atoms with E-state index in [4.69, 9.17) is 4.74 Å². The van der Waals surface area contributed by atoms with Crippen LogP contribution >= 0.6 is 0 Å². The van der Waals surface area contributed by atoms with Crippen molar-refractivity contribution in [2.75, 3.05) is 11.4 Å². The molecule has 0 radical (unpaired) electrons. The van der Waals surface area contributed by atoms with Gasteiger partial charge < -0.3 is 14.5 Å². The van der Waals surface area contributed by atoms with Crippen LogP contribution in [0.3, 0.4) is 0 Å². The zero-order valence-electron chi connectivity index (χ0n) is 21.2. The number of nitrogens with zero attached hydrogens (tertiary/aromatic N) is 4. The van der Waals surface area contributed by atoms with Gasteiger partial charge >= 0.3 is 18.4 Å². The maximum atomic E-state index is 13.5. The molecule has 1 fully saturated rings. The highest BCUT2D eigenvalue weighted by molar-refractivity contribution is 6.31. The third-order valence-corrected chi connectivity index (χ3v) is 5.96. The number of benzene rings is 1. The number of hydrogen-bond acceptors (Lipinski definition) is 5. The van der Waals surface area contributed by atoms with E-state index in [9.17, 15) is 31.1 Å². The first kappa shape index (κ1) is 28.6. The van der Waals surface area contributed by atoms with Crippen molar-refractivity contribution in [3.63, 3.8) is 0 Å². The molecule has 1 amide bonds. The Morgan fingerprint density at radius 3 is 2.05 bits per heavy atom. The van der Waals surface area contributed by atoms with E-state index >= 15 is 0 Å². The van der Waals surface area contributed by atoms with E-state index in [-0.39, 0.29) is 36.7 Å². The molecule has 2 atom stereocenters. The summed E-state index contributed by atoms with van der Waals surface area (Å²) in [5.41, 5.74) is -2.99. The molecule has 0 spiro atoms. The lowest BCUT2D eigenvalue weighted by atomic mass is 10.0. The third kappa shape index (κ3) is 7.29. The molecule has 2 aromatic rings. The van der Waals surface area contributed by atoms with Gasteiger partial charge in [-0.25, -0.2) is 14.8 Å². The third-order valence-electron chi connectivity index (χ3n) is 5.96. The second-order valence-corrected chi connectivity index (χ2v) is 10.2. The molecule has 0 N–H and O–H groups in total. The van der Waals surface area contributed by atoms with Crippen molar-refractivity contribution in [2.24, 2.45) is 0 Å². The van der Waals surface area contributed by atoms with Crippen LogP contribution in [0.4, 0.5) is 37.1 Å². The lowest BCUT2D eigenvalue weighted by Gasteiger charge is -2.30. The highest BCUT2D eigenvalue weighted by Crippen LogP contribution is 2.37. The summed E-state index contributed by atoms with van der Waals surface area (Å²) in [7, 11) is 1.75. The molecule has 202 valence electrons. The molecule has 13 heteroatoms. The average molecular weight is 530 g/mol. The van der Waals surface area contributed by atoms with Crippen LogP contribution in [-0.4, -0.2) is 53.0 Å². The Kier molecular flexibility index (Phi) is 8.04. The Morgan fingerprint density at radius 1 is 1.05 bits per heavy atom. The van der Waals surface area contributed by atoms with E-state index in [1.54, 1.807) is 38.4 Å². The van der Waals surface area contributed by atoms with Crippen molar-refractivity contribution in [1.82, 2.24) is 14.9 Å². The van der Waals surface area contributed by atoms with Crippen molar-refractivity contribution < 1.29 is 35.9 Å². The van der Waals surface area contributed by atoms with Gasteiger partial charge in [-0.3, -0.25) is 0 Å². The number of aromatic nitrogens is 2. The summed E-state index contributed by atoms with van der Waals surface area (Å²) in [6, 6.07) is 0.801. The van der Waals surface area contributed by atoms with Crippen LogP contribution in [0.25, 0.3) is 0 Å². The number of alkyl halides is 6. The van der Waals surface area contributed by atoms with Crippen LogP contribution in [0.2, 0.25) is 0 Å². The van der Waals surface area contributed by atoms with Gasteiger partial charge in [0.2, 0.25) is 5.95 Å². The van der Waals surface area contributed by atoms with Gasteiger partial charge in [0.1, 0.15) is 13.4 Å². The van der Waals surface area contributed by atoms with E-state index in [0.29, 0.717) is 25.0 Å². The predicted molar refractivity (Wildman–Crippen MR) is 128 cm³/mol. The minimum Gasteiger partial charge on any atom is -0.444 e. The molecule has 2 unspecified atom stereocenters. The van der Waals surface area contributed by atoms with Crippen LogP contribution < -0.4 is 10.4 Å². The number of hydrogen-bond donors (Lipinski definition) is 0. The fraction of sp³-hybridized carbons (Fsp3) is 0.542. The minimum absolute atomic E-state index is 0.100. The molecule has 1 aliphatic heterocycles. The Bertz CT molecular complexity index is 1070. The van der Waals surface area contributed by atoms with Gasteiger partial charge in [0.25, 0.3) is 0 Å². The molecule has 0 saturated carbocycles. The number of rotatable bonds is 5. The van der Waals surface area contributed by atoms with E-state index in [1.807, 2.05) is 6.92 Å². The minimum atomic E-state index is -4.96. The molecule has 1 aliphatic rings. The molecular weight excluding hydrogens is 501 g/mol. The normalized spacial score (nSPS) is 18.7. The van der Waals surface area contributed by atoms with E-state index in [1.165, 1.54) is 12.4 Å². The summed E-state index contributed by atoms with van der Waals surface area (Å²) < 4.78 is 86.2. The number of anilines is 1. The van der Waals surface area contributed by atoms with Crippen LogP contribution in [0.5, 0.6) is 0 Å². The van der Waals surface area contributed by atoms with Crippen molar-refractivity contribution in [2.45, 2.75) is 77.1 Å². The molecule has 1 aromatic carbocycles. The number of amides is 1. The van der Waals surface area contributed by atoms with Crippen molar-refractivity contribution >= 4 is 25.4 Å². The summed E-state index contributed by atoms with van der Waals surface area (Å²) in [5, 5.41) is 0. The first-order valence-electron chi connectivity index (χ1n) is 11.8. The standard InChI is InChI=1S/C24H29BF6N4O2/c1-5-18-9-19(13-35(18)21(36)37-22(2,3)4)34(20-32-10-17(25)11-33-20)12-14-6-15(23(26,27)28)8-16(7-14)24(29,30)31/h6-8,10-11,18-19H,5,9,12-13,25H2,1-4H3. The first-order valence-corrected chi connectivity index (χ1v) is 11.8. The quantitative estimate of drug-likeness (QED) is 0.419. The van der Waals surface area contributed by atoms with Crippen molar-refractivity contribution in [1.29, 1.82) is 0 Å². The lowest BCUT2D eigenvalue weighted by Crippen LogP contribution is -2.42. The van der Waals surface area contributed by atoms with E-state index < -0.39 is 41.2 Å². The second kappa shape index (κ2) is 10.4. The molecular formula is C24H29BF6N4O2. The maximum absolute atomic E-state index is 13.5. The van der Waals surface area contributed by atoms with Gasteiger partial charge in [-0.15, -0.1) is 0 Å². The highest BCUT2D eigenvalue weighted by Gasteiger charge is 2.41. The zero-order chi connectivity index (χ0) is 27.8. The molecule has 6 nitrogen and oxygen atoms in total. The number of likely N-dealkylation sites (tertiary alicyclic amines) is 1. The average Bonchev–Trinajstić information content (AvgIpc) is 3.20. The van der Waals surface area contributed by atoms with Gasteiger partial charge in [-0.1, -0.05) is 12.4 Å². The Morgan fingerprint density at radius 2 is 1.59 bits per heavy atom. The van der Waals surface area contributed by atoms with Crippen LogP contribution in [0.1, 0.15) is 57.2 Å². The molecule has 3 rings (SSSR count). The van der Waals surface area contributed by atoms with Crippen molar-refractivity contribution in [3.8, 4) is 0 Å². The van der Waals surface area contributed by atoms with Gasteiger partial charge in [-0.05, 0) is 57.4 Å². The fourth-order valence-corrected chi connectivity index (χ4v) is 4.25. The number of ether oxygens (including phenoxy) is 1. The van der Waals surface area contributed by atoms with Gasteiger partial charge in [0.05, 0.1) is 17.2 Å². The number of carbonyl (C=O) groups is 1.